The van der Waals surface area contributed by atoms with Crippen molar-refractivity contribution in [1.82, 2.24) is 5.32 Å². The van der Waals surface area contributed by atoms with Gasteiger partial charge in [-0.05, 0) is 42.0 Å². The summed E-state index contributed by atoms with van der Waals surface area (Å²) in [6.07, 6.45) is 0. The van der Waals surface area contributed by atoms with Crippen LogP contribution in [0.3, 0.4) is 0 Å². The van der Waals surface area contributed by atoms with Crippen molar-refractivity contribution >= 4 is 34.6 Å². The molecule has 0 unspecified atom stereocenters. The minimum Gasteiger partial charge on any atom is -0.497 e. The highest BCUT2D eigenvalue weighted by Gasteiger charge is 2.04. The SMILES string of the molecule is COc1cccc(NC(=S)NCc2ccc(F)cc2Cl)c1. The van der Waals surface area contributed by atoms with Crippen molar-refractivity contribution in [2.75, 3.05) is 12.4 Å². The lowest BCUT2D eigenvalue weighted by atomic mass is 10.2. The van der Waals surface area contributed by atoms with Gasteiger partial charge in [0.15, 0.2) is 5.11 Å². The molecule has 0 aromatic heterocycles. The average Bonchev–Trinajstić information content (AvgIpc) is 2.46. The molecule has 0 radical (unpaired) electrons. The van der Waals surface area contributed by atoms with Crippen LogP contribution in [0.5, 0.6) is 5.75 Å². The lowest BCUT2D eigenvalue weighted by Crippen LogP contribution is -2.28. The number of methoxy groups -OCH3 is 1. The van der Waals surface area contributed by atoms with Crippen molar-refractivity contribution in [3.63, 3.8) is 0 Å². The van der Waals surface area contributed by atoms with E-state index in [1.54, 1.807) is 13.2 Å². The first-order valence-corrected chi connectivity index (χ1v) is 7.00. The van der Waals surface area contributed by atoms with Crippen molar-refractivity contribution in [3.05, 3.63) is 58.9 Å². The van der Waals surface area contributed by atoms with E-state index in [-0.39, 0.29) is 5.82 Å². The third-order valence-electron chi connectivity index (χ3n) is 2.78. The first-order chi connectivity index (χ1) is 10.1. The zero-order chi connectivity index (χ0) is 15.2. The standard InChI is InChI=1S/C15H14ClFN2OS/c1-20-13-4-2-3-12(8-13)19-15(21)18-9-10-5-6-11(17)7-14(10)16/h2-8H,9H2,1H3,(H2,18,19,21). The van der Waals surface area contributed by atoms with Crippen molar-refractivity contribution in [1.29, 1.82) is 0 Å². The van der Waals surface area contributed by atoms with E-state index in [2.05, 4.69) is 10.6 Å². The summed E-state index contributed by atoms with van der Waals surface area (Å²) in [6, 6.07) is 11.7. The van der Waals surface area contributed by atoms with Gasteiger partial charge >= 0.3 is 0 Å². The average molecular weight is 325 g/mol. The van der Waals surface area contributed by atoms with E-state index >= 15 is 0 Å². The Morgan fingerprint density at radius 1 is 1.29 bits per heavy atom. The van der Waals surface area contributed by atoms with Crippen molar-refractivity contribution in [2.24, 2.45) is 0 Å². The van der Waals surface area contributed by atoms with Crippen LogP contribution in [0.15, 0.2) is 42.5 Å². The van der Waals surface area contributed by atoms with Gasteiger partial charge in [0, 0.05) is 23.3 Å². The largest absolute Gasteiger partial charge is 0.497 e. The molecule has 0 heterocycles. The topological polar surface area (TPSA) is 33.3 Å². The van der Waals surface area contributed by atoms with E-state index in [0.717, 1.165) is 17.0 Å². The summed E-state index contributed by atoms with van der Waals surface area (Å²) in [5, 5.41) is 6.87. The number of benzene rings is 2. The van der Waals surface area contributed by atoms with Crippen LogP contribution in [-0.4, -0.2) is 12.2 Å². The van der Waals surface area contributed by atoms with E-state index in [4.69, 9.17) is 28.6 Å². The highest BCUT2D eigenvalue weighted by Crippen LogP contribution is 2.18. The quantitative estimate of drug-likeness (QED) is 0.834. The molecule has 2 rings (SSSR count). The fraction of sp³-hybridized carbons (Fsp3) is 0.133. The molecule has 0 amide bonds. The number of thiocarbonyl (C=S) groups is 1. The Morgan fingerprint density at radius 3 is 2.81 bits per heavy atom. The van der Waals surface area contributed by atoms with Gasteiger partial charge in [-0.3, -0.25) is 0 Å². The highest BCUT2D eigenvalue weighted by molar-refractivity contribution is 7.80. The van der Waals surface area contributed by atoms with Crippen molar-refractivity contribution in [2.45, 2.75) is 6.54 Å². The Morgan fingerprint density at radius 2 is 2.10 bits per heavy atom. The molecular formula is C15H14ClFN2OS. The van der Waals surface area contributed by atoms with E-state index < -0.39 is 0 Å². The monoisotopic (exact) mass is 324 g/mol. The summed E-state index contributed by atoms with van der Waals surface area (Å²) in [5.74, 6) is 0.380. The second kappa shape index (κ2) is 7.24. The first-order valence-electron chi connectivity index (χ1n) is 6.21. The predicted octanol–water partition coefficient (Wildman–Crippen LogP) is 3.97. The van der Waals surface area contributed by atoms with E-state index in [9.17, 15) is 4.39 Å². The molecule has 0 aliphatic rings. The number of nitrogens with one attached hydrogen (secondary N) is 2. The van der Waals surface area contributed by atoms with Gasteiger partial charge < -0.3 is 15.4 Å². The first kappa shape index (κ1) is 15.5. The van der Waals surface area contributed by atoms with Crippen LogP contribution in [0.2, 0.25) is 5.02 Å². The normalized spacial score (nSPS) is 10.0. The molecule has 21 heavy (non-hydrogen) atoms. The summed E-state index contributed by atoms with van der Waals surface area (Å²) < 4.78 is 18.1. The minimum absolute atomic E-state index is 0.360. The molecule has 2 aromatic rings. The lowest BCUT2D eigenvalue weighted by molar-refractivity contribution is 0.415. The highest BCUT2D eigenvalue weighted by atomic mass is 35.5. The molecule has 0 bridgehead atoms. The number of ether oxygens (including phenoxy) is 1. The molecule has 3 nitrogen and oxygen atoms in total. The predicted molar refractivity (Wildman–Crippen MR) is 87.5 cm³/mol. The van der Waals surface area contributed by atoms with Gasteiger partial charge in [0.1, 0.15) is 11.6 Å². The van der Waals surface area contributed by atoms with Gasteiger partial charge in [0.25, 0.3) is 0 Å². The summed E-state index contributed by atoms with van der Waals surface area (Å²) in [7, 11) is 1.60. The van der Waals surface area contributed by atoms with E-state index in [1.165, 1.54) is 12.1 Å². The number of rotatable bonds is 4. The van der Waals surface area contributed by atoms with Crippen LogP contribution in [0.4, 0.5) is 10.1 Å². The zero-order valence-electron chi connectivity index (χ0n) is 11.3. The second-order valence-corrected chi connectivity index (χ2v) is 5.09. The zero-order valence-corrected chi connectivity index (χ0v) is 12.9. The Labute approximate surface area is 133 Å². The third-order valence-corrected chi connectivity index (χ3v) is 3.38. The molecule has 2 N–H and O–H groups in total. The molecule has 0 aliphatic heterocycles. The van der Waals surface area contributed by atoms with Crippen molar-refractivity contribution < 1.29 is 9.13 Å². The Kier molecular flexibility index (Phi) is 5.36. The van der Waals surface area contributed by atoms with Crippen LogP contribution in [0, 0.1) is 5.82 Å². The maximum atomic E-state index is 13.0. The maximum Gasteiger partial charge on any atom is 0.171 e. The fourth-order valence-electron chi connectivity index (χ4n) is 1.72. The Balaban J connectivity index is 1.92. The number of anilines is 1. The van der Waals surface area contributed by atoms with Gasteiger partial charge in [-0.2, -0.15) is 0 Å². The van der Waals surface area contributed by atoms with Gasteiger partial charge in [-0.25, -0.2) is 4.39 Å². The summed E-state index contributed by atoms with van der Waals surface area (Å²) >= 11 is 11.2. The molecule has 110 valence electrons. The van der Waals surface area contributed by atoms with Gasteiger partial charge in [0.05, 0.1) is 7.11 Å². The van der Waals surface area contributed by atoms with Crippen LogP contribution in [0.25, 0.3) is 0 Å². The summed E-state index contributed by atoms with van der Waals surface area (Å²) in [6.45, 7) is 0.412. The van der Waals surface area contributed by atoms with Gasteiger partial charge in [0.2, 0.25) is 0 Å². The molecule has 0 saturated heterocycles. The van der Waals surface area contributed by atoms with E-state index in [0.29, 0.717) is 16.7 Å². The Hall–Kier alpha value is -1.85. The van der Waals surface area contributed by atoms with Crippen molar-refractivity contribution in [3.8, 4) is 5.75 Å². The second-order valence-electron chi connectivity index (χ2n) is 4.28. The molecule has 0 fully saturated rings. The molecule has 2 aromatic carbocycles. The minimum atomic E-state index is -0.360. The Bertz CT molecular complexity index is 651. The molecule has 0 spiro atoms. The number of halogens is 2. The maximum absolute atomic E-state index is 13.0. The number of hydrogen-bond donors (Lipinski definition) is 2. The smallest absolute Gasteiger partial charge is 0.171 e. The van der Waals surface area contributed by atoms with Crippen LogP contribution in [-0.2, 0) is 6.54 Å². The molecular weight excluding hydrogens is 311 g/mol. The molecule has 6 heteroatoms. The molecule has 0 atom stereocenters. The summed E-state index contributed by atoms with van der Waals surface area (Å²) in [4.78, 5) is 0. The van der Waals surface area contributed by atoms with Gasteiger partial charge in [-0.1, -0.05) is 23.7 Å². The van der Waals surface area contributed by atoms with Gasteiger partial charge in [-0.15, -0.1) is 0 Å². The summed E-state index contributed by atoms with van der Waals surface area (Å²) in [5.41, 5.74) is 1.59. The third kappa shape index (κ3) is 4.58. The fourth-order valence-corrected chi connectivity index (χ4v) is 2.14. The molecule has 0 aliphatic carbocycles. The molecule has 0 saturated carbocycles. The van der Waals surface area contributed by atoms with Crippen LogP contribution >= 0.6 is 23.8 Å². The lowest BCUT2D eigenvalue weighted by Gasteiger charge is -2.12. The van der Waals surface area contributed by atoms with E-state index in [1.807, 2.05) is 24.3 Å². The van der Waals surface area contributed by atoms with Crippen LogP contribution in [0.1, 0.15) is 5.56 Å². The number of hydrogen-bond acceptors (Lipinski definition) is 2. The van der Waals surface area contributed by atoms with Crippen LogP contribution < -0.4 is 15.4 Å².